The zero-order valence-corrected chi connectivity index (χ0v) is 9.19. The average Bonchev–Trinajstić information content (AvgIpc) is 2.55. The van der Waals surface area contributed by atoms with E-state index >= 15 is 0 Å². The fourth-order valence-corrected chi connectivity index (χ4v) is 1.54. The van der Waals surface area contributed by atoms with Crippen LogP contribution in [0, 0.1) is 0 Å². The Labute approximate surface area is 89.3 Å². The van der Waals surface area contributed by atoms with Crippen LogP contribution in [0.5, 0.6) is 0 Å². The monoisotopic (exact) mass is 218 g/mol. The van der Waals surface area contributed by atoms with Crippen LogP contribution in [-0.4, -0.2) is 43.3 Å². The van der Waals surface area contributed by atoms with Crippen LogP contribution in [0.1, 0.15) is 26.2 Å². The van der Waals surface area contributed by atoms with E-state index in [9.17, 15) is 4.79 Å². The molecule has 88 valence electrons. The second-order valence-corrected chi connectivity index (χ2v) is 3.86. The summed E-state index contributed by atoms with van der Waals surface area (Å²) < 4.78 is 16.1. The Hall–Kier alpha value is -0.650. The lowest BCUT2D eigenvalue weighted by Gasteiger charge is -2.22. The molecule has 0 radical (unpaired) electrons. The molecule has 0 aromatic carbocycles. The van der Waals surface area contributed by atoms with Gasteiger partial charge in [0, 0.05) is 20.0 Å². The largest absolute Gasteiger partial charge is 0.481 e. The average molecular weight is 218 g/mol. The highest BCUT2D eigenvalue weighted by molar-refractivity contribution is 5.66. The van der Waals surface area contributed by atoms with Crippen molar-refractivity contribution in [2.45, 2.75) is 38.1 Å². The van der Waals surface area contributed by atoms with Gasteiger partial charge in [-0.05, 0) is 13.3 Å². The first-order chi connectivity index (χ1) is 7.06. The first-order valence-electron chi connectivity index (χ1n) is 5.08. The summed E-state index contributed by atoms with van der Waals surface area (Å²) in [7, 11) is 1.63. The molecule has 5 heteroatoms. The van der Waals surface area contributed by atoms with Crippen LogP contribution < -0.4 is 0 Å². The summed E-state index contributed by atoms with van der Waals surface area (Å²) in [5, 5.41) is 8.53. The molecule has 0 aromatic heterocycles. The van der Waals surface area contributed by atoms with Crippen LogP contribution in [0.4, 0.5) is 0 Å². The van der Waals surface area contributed by atoms with E-state index in [0.717, 1.165) is 0 Å². The molecule has 1 fully saturated rings. The van der Waals surface area contributed by atoms with Gasteiger partial charge in [0.1, 0.15) is 0 Å². The molecule has 15 heavy (non-hydrogen) atoms. The Morgan fingerprint density at radius 2 is 2.40 bits per heavy atom. The molecule has 1 aliphatic rings. The minimum atomic E-state index is -0.802. The molecule has 0 aromatic rings. The second kappa shape index (κ2) is 5.44. The second-order valence-electron chi connectivity index (χ2n) is 3.86. The zero-order valence-electron chi connectivity index (χ0n) is 9.19. The maximum absolute atomic E-state index is 10.4. The van der Waals surface area contributed by atoms with Gasteiger partial charge in [-0.3, -0.25) is 4.79 Å². The fraction of sp³-hybridized carbons (Fsp3) is 0.900. The molecule has 1 rings (SSSR count). The molecular weight excluding hydrogens is 200 g/mol. The van der Waals surface area contributed by atoms with Crippen molar-refractivity contribution in [3.8, 4) is 0 Å². The Kier molecular flexibility index (Phi) is 4.50. The van der Waals surface area contributed by atoms with Crippen molar-refractivity contribution in [3.05, 3.63) is 0 Å². The van der Waals surface area contributed by atoms with Crippen molar-refractivity contribution in [3.63, 3.8) is 0 Å². The lowest BCUT2D eigenvalue weighted by atomic mass is 10.2. The fourth-order valence-electron chi connectivity index (χ4n) is 1.54. The molecule has 1 heterocycles. The molecule has 0 amide bonds. The number of methoxy groups -OCH3 is 1. The van der Waals surface area contributed by atoms with Gasteiger partial charge in [0.05, 0.1) is 19.3 Å². The third-order valence-corrected chi connectivity index (χ3v) is 2.43. The van der Waals surface area contributed by atoms with Crippen molar-refractivity contribution in [1.82, 2.24) is 0 Å². The van der Waals surface area contributed by atoms with Gasteiger partial charge in [-0.2, -0.15) is 0 Å². The van der Waals surface area contributed by atoms with E-state index in [1.165, 1.54) is 0 Å². The summed E-state index contributed by atoms with van der Waals surface area (Å²) in [6, 6.07) is 0. The zero-order chi connectivity index (χ0) is 11.3. The molecule has 1 saturated heterocycles. The van der Waals surface area contributed by atoms with Gasteiger partial charge < -0.3 is 19.3 Å². The highest BCUT2D eigenvalue weighted by atomic mass is 16.7. The Morgan fingerprint density at radius 1 is 1.67 bits per heavy atom. The van der Waals surface area contributed by atoms with Gasteiger partial charge in [0.15, 0.2) is 5.79 Å². The SMILES string of the molecule is COCCC1(C)OCC(CCC(=O)O)O1. The summed E-state index contributed by atoms with van der Waals surface area (Å²) in [6.07, 6.45) is 1.17. The third kappa shape index (κ3) is 4.15. The summed E-state index contributed by atoms with van der Waals surface area (Å²) in [6.45, 7) is 2.89. The number of hydrogen-bond acceptors (Lipinski definition) is 4. The minimum absolute atomic E-state index is 0.108. The molecule has 1 aliphatic heterocycles. The molecule has 1 N–H and O–H groups in total. The standard InChI is InChI=1S/C10H18O5/c1-10(5-6-13-2)14-7-8(15-10)3-4-9(11)12/h8H,3-7H2,1-2H3,(H,11,12). The van der Waals surface area contributed by atoms with Gasteiger partial charge in [0.2, 0.25) is 0 Å². The van der Waals surface area contributed by atoms with Gasteiger partial charge in [-0.1, -0.05) is 0 Å². The summed E-state index contributed by atoms with van der Waals surface area (Å²) >= 11 is 0. The number of carboxylic acid groups (broad SMARTS) is 1. The molecule has 2 atom stereocenters. The van der Waals surface area contributed by atoms with Crippen molar-refractivity contribution in [1.29, 1.82) is 0 Å². The van der Waals surface area contributed by atoms with E-state index < -0.39 is 11.8 Å². The van der Waals surface area contributed by atoms with Gasteiger partial charge in [0.25, 0.3) is 0 Å². The van der Waals surface area contributed by atoms with Crippen LogP contribution in [0.2, 0.25) is 0 Å². The molecule has 0 saturated carbocycles. The molecule has 2 unspecified atom stereocenters. The smallest absolute Gasteiger partial charge is 0.303 e. The lowest BCUT2D eigenvalue weighted by molar-refractivity contribution is -0.166. The first-order valence-corrected chi connectivity index (χ1v) is 5.08. The van der Waals surface area contributed by atoms with Crippen LogP contribution in [0.25, 0.3) is 0 Å². The predicted molar refractivity (Wildman–Crippen MR) is 52.6 cm³/mol. The maximum Gasteiger partial charge on any atom is 0.303 e. The summed E-state index contributed by atoms with van der Waals surface area (Å²) in [4.78, 5) is 10.4. The number of aliphatic carboxylic acids is 1. The number of carbonyl (C=O) groups is 1. The van der Waals surface area contributed by atoms with Crippen molar-refractivity contribution >= 4 is 5.97 Å². The third-order valence-electron chi connectivity index (χ3n) is 2.43. The quantitative estimate of drug-likeness (QED) is 0.721. The van der Waals surface area contributed by atoms with Crippen LogP contribution >= 0.6 is 0 Å². The topological polar surface area (TPSA) is 65.0 Å². The van der Waals surface area contributed by atoms with E-state index in [1.54, 1.807) is 7.11 Å². The van der Waals surface area contributed by atoms with E-state index in [2.05, 4.69) is 0 Å². The van der Waals surface area contributed by atoms with Crippen molar-refractivity contribution < 1.29 is 24.1 Å². The van der Waals surface area contributed by atoms with Crippen LogP contribution in [-0.2, 0) is 19.0 Å². The van der Waals surface area contributed by atoms with E-state index in [0.29, 0.717) is 26.1 Å². The number of rotatable bonds is 6. The van der Waals surface area contributed by atoms with E-state index in [-0.39, 0.29) is 12.5 Å². The maximum atomic E-state index is 10.4. The van der Waals surface area contributed by atoms with Gasteiger partial charge >= 0.3 is 5.97 Å². The normalized spacial score (nSPS) is 30.7. The van der Waals surface area contributed by atoms with Crippen molar-refractivity contribution in [2.24, 2.45) is 0 Å². The lowest BCUT2D eigenvalue weighted by Crippen LogP contribution is -2.28. The molecule has 0 bridgehead atoms. The molecule has 5 nitrogen and oxygen atoms in total. The predicted octanol–water partition coefficient (Wildman–Crippen LogP) is 1.02. The number of ether oxygens (including phenoxy) is 3. The number of carboxylic acids is 1. The number of hydrogen-bond donors (Lipinski definition) is 1. The van der Waals surface area contributed by atoms with Crippen LogP contribution in [0.15, 0.2) is 0 Å². The molecular formula is C10H18O5. The highest BCUT2D eigenvalue weighted by Gasteiger charge is 2.36. The Morgan fingerprint density at radius 3 is 3.00 bits per heavy atom. The molecule has 0 spiro atoms. The van der Waals surface area contributed by atoms with Crippen molar-refractivity contribution in [2.75, 3.05) is 20.3 Å². The summed E-state index contributed by atoms with van der Waals surface area (Å²) in [5.74, 6) is -1.41. The minimum Gasteiger partial charge on any atom is -0.481 e. The highest BCUT2D eigenvalue weighted by Crippen LogP contribution is 2.28. The van der Waals surface area contributed by atoms with Crippen LogP contribution in [0.3, 0.4) is 0 Å². The van der Waals surface area contributed by atoms with Gasteiger partial charge in [-0.25, -0.2) is 0 Å². The molecule has 0 aliphatic carbocycles. The van der Waals surface area contributed by atoms with E-state index in [4.69, 9.17) is 19.3 Å². The summed E-state index contributed by atoms with van der Waals surface area (Å²) in [5.41, 5.74) is 0. The first kappa shape index (κ1) is 12.4. The van der Waals surface area contributed by atoms with E-state index in [1.807, 2.05) is 6.92 Å². The Balaban J connectivity index is 2.27. The van der Waals surface area contributed by atoms with Gasteiger partial charge in [-0.15, -0.1) is 0 Å². The Bertz CT molecular complexity index is 218.